The highest BCUT2D eigenvalue weighted by molar-refractivity contribution is 5.54. The van der Waals surface area contributed by atoms with Crippen LogP contribution in [0.25, 0.3) is 11.4 Å². The summed E-state index contributed by atoms with van der Waals surface area (Å²) in [6.45, 7) is 5.48. The highest BCUT2D eigenvalue weighted by Gasteiger charge is 2.17. The van der Waals surface area contributed by atoms with E-state index >= 15 is 0 Å². The number of hydrogen-bond acceptors (Lipinski definition) is 3. The maximum absolute atomic E-state index is 4.56. The lowest BCUT2D eigenvalue weighted by Crippen LogP contribution is -2.30. The average molecular weight is 256 g/mol. The lowest BCUT2D eigenvalue weighted by Gasteiger charge is -2.24. The molecule has 1 aliphatic heterocycles. The minimum Gasteiger partial charge on any atom is -0.328 e. The van der Waals surface area contributed by atoms with Gasteiger partial charge >= 0.3 is 0 Å². The number of imidazole rings is 1. The van der Waals surface area contributed by atoms with Crippen LogP contribution in [0.2, 0.25) is 0 Å². The van der Waals surface area contributed by atoms with Crippen LogP contribution in [0.1, 0.15) is 18.5 Å². The van der Waals surface area contributed by atoms with E-state index in [1.165, 1.54) is 18.5 Å². The second-order valence-electron chi connectivity index (χ2n) is 5.27. The van der Waals surface area contributed by atoms with Crippen LogP contribution in [-0.2, 0) is 6.54 Å². The number of nitrogens with zero attached hydrogens (tertiary/aromatic N) is 3. The molecule has 2 aromatic rings. The number of piperidine rings is 1. The number of aromatic nitrogens is 3. The van der Waals surface area contributed by atoms with Crippen molar-refractivity contribution in [3.8, 4) is 11.4 Å². The molecular formula is C15H20N4. The molecule has 0 atom stereocenters. The number of aryl methyl sites for hydroxylation is 1. The Morgan fingerprint density at radius 2 is 2.16 bits per heavy atom. The molecule has 0 aliphatic carbocycles. The topological polar surface area (TPSA) is 42.7 Å². The minimum absolute atomic E-state index is 0.754. The van der Waals surface area contributed by atoms with Gasteiger partial charge in [-0.25, -0.2) is 4.98 Å². The second kappa shape index (κ2) is 5.53. The summed E-state index contributed by atoms with van der Waals surface area (Å²) in [6, 6.07) is 4.04. The first kappa shape index (κ1) is 12.4. The first-order valence-corrected chi connectivity index (χ1v) is 6.98. The fourth-order valence-electron chi connectivity index (χ4n) is 2.74. The first-order valence-electron chi connectivity index (χ1n) is 6.98. The minimum atomic E-state index is 0.754. The third-order valence-corrected chi connectivity index (χ3v) is 3.87. The molecule has 4 heteroatoms. The Bertz CT molecular complexity index is 526. The van der Waals surface area contributed by atoms with Gasteiger partial charge in [-0.15, -0.1) is 0 Å². The van der Waals surface area contributed by atoms with Gasteiger partial charge in [0.05, 0.1) is 0 Å². The molecule has 0 radical (unpaired) electrons. The molecule has 0 unspecified atom stereocenters. The fraction of sp³-hybridized carbons (Fsp3) is 0.467. The van der Waals surface area contributed by atoms with Crippen molar-refractivity contribution in [3.63, 3.8) is 0 Å². The smallest absolute Gasteiger partial charge is 0.141 e. The Morgan fingerprint density at radius 1 is 1.32 bits per heavy atom. The van der Waals surface area contributed by atoms with Gasteiger partial charge < -0.3 is 9.88 Å². The Balaban J connectivity index is 1.86. The molecule has 1 saturated heterocycles. The quantitative estimate of drug-likeness (QED) is 0.916. The van der Waals surface area contributed by atoms with Crippen LogP contribution in [0, 0.1) is 12.8 Å². The molecule has 0 saturated carbocycles. The number of nitrogens with one attached hydrogen (secondary N) is 1. The van der Waals surface area contributed by atoms with Gasteiger partial charge in [0.1, 0.15) is 5.82 Å². The number of rotatable bonds is 3. The third kappa shape index (κ3) is 2.68. The van der Waals surface area contributed by atoms with Gasteiger partial charge in [-0.2, -0.15) is 0 Å². The van der Waals surface area contributed by atoms with Crippen molar-refractivity contribution in [1.82, 2.24) is 19.9 Å². The number of hydrogen-bond donors (Lipinski definition) is 1. The van der Waals surface area contributed by atoms with E-state index < -0.39 is 0 Å². The molecule has 0 aromatic carbocycles. The summed E-state index contributed by atoms with van der Waals surface area (Å²) in [4.78, 5) is 8.75. The Labute approximate surface area is 113 Å². The van der Waals surface area contributed by atoms with Gasteiger partial charge in [-0.1, -0.05) is 0 Å². The van der Waals surface area contributed by atoms with Crippen LogP contribution in [-0.4, -0.2) is 27.6 Å². The van der Waals surface area contributed by atoms with E-state index in [4.69, 9.17) is 0 Å². The van der Waals surface area contributed by atoms with Crippen LogP contribution in [0.4, 0.5) is 0 Å². The summed E-state index contributed by atoms with van der Waals surface area (Å²) in [5.74, 6) is 1.80. The maximum atomic E-state index is 4.56. The molecule has 4 nitrogen and oxygen atoms in total. The van der Waals surface area contributed by atoms with Crippen molar-refractivity contribution in [3.05, 3.63) is 36.4 Å². The van der Waals surface area contributed by atoms with Gasteiger partial charge in [-0.3, -0.25) is 4.98 Å². The largest absolute Gasteiger partial charge is 0.328 e. The fourth-order valence-corrected chi connectivity index (χ4v) is 2.74. The molecule has 19 heavy (non-hydrogen) atoms. The Hall–Kier alpha value is -1.68. The van der Waals surface area contributed by atoms with Crippen molar-refractivity contribution < 1.29 is 0 Å². The molecule has 3 rings (SSSR count). The predicted octanol–water partition coefficient (Wildman–Crippen LogP) is 2.25. The summed E-state index contributed by atoms with van der Waals surface area (Å²) in [6.07, 6.45) is 8.16. The van der Waals surface area contributed by atoms with E-state index in [1.54, 1.807) is 6.20 Å². The zero-order chi connectivity index (χ0) is 13.1. The Kier molecular flexibility index (Phi) is 3.60. The predicted molar refractivity (Wildman–Crippen MR) is 75.8 cm³/mol. The van der Waals surface area contributed by atoms with Crippen molar-refractivity contribution in [2.24, 2.45) is 5.92 Å². The average Bonchev–Trinajstić information content (AvgIpc) is 2.82. The van der Waals surface area contributed by atoms with E-state index in [1.807, 2.05) is 18.5 Å². The van der Waals surface area contributed by atoms with Gasteiger partial charge in [0.15, 0.2) is 0 Å². The zero-order valence-electron chi connectivity index (χ0n) is 11.3. The standard InChI is InChI=1S/C15H20N4/c1-12-9-18-15(14-3-2-6-17-10-14)19(12)11-13-4-7-16-8-5-13/h2-3,6,9-10,13,16H,4-5,7-8,11H2,1H3. The highest BCUT2D eigenvalue weighted by Crippen LogP contribution is 2.22. The monoisotopic (exact) mass is 256 g/mol. The van der Waals surface area contributed by atoms with E-state index in [2.05, 4.69) is 32.8 Å². The molecule has 1 fully saturated rings. The van der Waals surface area contributed by atoms with E-state index in [9.17, 15) is 0 Å². The summed E-state index contributed by atoms with van der Waals surface area (Å²) >= 11 is 0. The van der Waals surface area contributed by atoms with Crippen molar-refractivity contribution in [2.75, 3.05) is 13.1 Å². The Morgan fingerprint density at radius 3 is 2.89 bits per heavy atom. The molecular weight excluding hydrogens is 236 g/mol. The van der Waals surface area contributed by atoms with Crippen LogP contribution >= 0.6 is 0 Å². The molecule has 2 aromatic heterocycles. The summed E-state index contributed by atoms with van der Waals surface area (Å²) in [5.41, 5.74) is 2.34. The normalized spacial score (nSPS) is 16.7. The molecule has 1 aliphatic rings. The van der Waals surface area contributed by atoms with Crippen LogP contribution in [0.15, 0.2) is 30.7 Å². The molecule has 0 amide bonds. The molecule has 0 bridgehead atoms. The second-order valence-corrected chi connectivity index (χ2v) is 5.27. The van der Waals surface area contributed by atoms with E-state index in [-0.39, 0.29) is 0 Å². The summed E-state index contributed by atoms with van der Waals surface area (Å²) in [7, 11) is 0. The molecule has 1 N–H and O–H groups in total. The van der Waals surface area contributed by atoms with Gasteiger partial charge in [0.2, 0.25) is 0 Å². The SMILES string of the molecule is Cc1cnc(-c2cccnc2)n1CC1CCNCC1. The van der Waals surface area contributed by atoms with E-state index in [0.717, 1.165) is 36.9 Å². The van der Waals surface area contributed by atoms with Gasteiger partial charge in [0.25, 0.3) is 0 Å². The van der Waals surface area contributed by atoms with Crippen molar-refractivity contribution in [1.29, 1.82) is 0 Å². The molecule has 0 spiro atoms. The lowest BCUT2D eigenvalue weighted by atomic mass is 9.98. The van der Waals surface area contributed by atoms with Crippen molar-refractivity contribution >= 4 is 0 Å². The number of pyridine rings is 1. The molecule has 100 valence electrons. The van der Waals surface area contributed by atoms with Crippen LogP contribution < -0.4 is 5.32 Å². The van der Waals surface area contributed by atoms with Crippen LogP contribution in [0.3, 0.4) is 0 Å². The van der Waals surface area contributed by atoms with Crippen molar-refractivity contribution in [2.45, 2.75) is 26.3 Å². The van der Waals surface area contributed by atoms with E-state index in [0.29, 0.717) is 0 Å². The third-order valence-electron chi connectivity index (χ3n) is 3.87. The summed E-state index contributed by atoms with van der Waals surface area (Å²) < 4.78 is 2.34. The summed E-state index contributed by atoms with van der Waals surface area (Å²) in [5, 5.41) is 3.42. The van der Waals surface area contributed by atoms with Gasteiger partial charge in [-0.05, 0) is 50.9 Å². The van der Waals surface area contributed by atoms with Gasteiger partial charge in [0, 0.05) is 36.4 Å². The first-order chi connectivity index (χ1) is 9.34. The molecule has 3 heterocycles. The maximum Gasteiger partial charge on any atom is 0.141 e. The van der Waals surface area contributed by atoms with Crippen LogP contribution in [0.5, 0.6) is 0 Å². The highest BCUT2D eigenvalue weighted by atomic mass is 15.1. The zero-order valence-corrected chi connectivity index (χ0v) is 11.3. The lowest BCUT2D eigenvalue weighted by molar-refractivity contribution is 0.332.